The highest BCUT2D eigenvalue weighted by molar-refractivity contribution is 5.87. The number of rotatable bonds is 10. The van der Waals surface area contributed by atoms with Gasteiger partial charge in [-0.3, -0.25) is 4.90 Å². The van der Waals surface area contributed by atoms with Crippen LogP contribution in [-0.4, -0.2) is 24.5 Å². The normalized spacial score (nSPS) is 14.1. The number of allylic oxidation sites excluding steroid dienone is 2. The van der Waals surface area contributed by atoms with Crippen molar-refractivity contribution >= 4 is 10.8 Å². The van der Waals surface area contributed by atoms with E-state index in [0.29, 0.717) is 0 Å². The topological polar surface area (TPSA) is 27.0 Å². The number of hydrogen-bond donors (Lipinski definition) is 0. The number of nitriles is 1. The molecular formula is C28H38N2. The molecule has 0 amide bonds. The molecule has 0 spiro atoms. The monoisotopic (exact) mass is 402 g/mol. The number of hydrogen-bond acceptors (Lipinski definition) is 2. The zero-order valence-corrected chi connectivity index (χ0v) is 19.7. The van der Waals surface area contributed by atoms with Gasteiger partial charge in [-0.25, -0.2) is 0 Å². The van der Waals surface area contributed by atoms with Gasteiger partial charge in [0.15, 0.2) is 0 Å². The van der Waals surface area contributed by atoms with Gasteiger partial charge in [-0.15, -0.1) is 0 Å². The second kappa shape index (κ2) is 11.1. The molecule has 0 aliphatic heterocycles. The van der Waals surface area contributed by atoms with Gasteiger partial charge >= 0.3 is 0 Å². The van der Waals surface area contributed by atoms with Crippen LogP contribution in [0.3, 0.4) is 0 Å². The first-order valence-corrected chi connectivity index (χ1v) is 11.2. The van der Waals surface area contributed by atoms with Gasteiger partial charge in [-0.2, -0.15) is 5.26 Å². The summed E-state index contributed by atoms with van der Waals surface area (Å²) >= 11 is 0. The molecule has 2 atom stereocenters. The van der Waals surface area contributed by atoms with Crippen molar-refractivity contribution in [1.29, 1.82) is 5.26 Å². The maximum atomic E-state index is 10.5. The molecule has 0 aliphatic carbocycles. The largest absolute Gasteiger partial charge is 0.296 e. The third-order valence-electron chi connectivity index (χ3n) is 6.26. The Labute approximate surface area is 183 Å². The van der Waals surface area contributed by atoms with E-state index in [9.17, 15) is 5.26 Å². The molecule has 2 aromatic rings. The van der Waals surface area contributed by atoms with Crippen molar-refractivity contribution in [3.05, 3.63) is 71.3 Å². The summed E-state index contributed by atoms with van der Waals surface area (Å²) in [5, 5.41) is 13.0. The summed E-state index contributed by atoms with van der Waals surface area (Å²) in [5.74, 6) is 0.280. The fraction of sp³-hybridized carbons (Fsp3) is 0.464. The summed E-state index contributed by atoms with van der Waals surface area (Å²) in [6, 6.07) is 17.7. The lowest BCUT2D eigenvalue weighted by Gasteiger charge is -2.36. The molecule has 2 aromatic carbocycles. The molecule has 0 saturated carbocycles. The Morgan fingerprint density at radius 3 is 2.17 bits per heavy atom. The molecule has 160 valence electrons. The summed E-state index contributed by atoms with van der Waals surface area (Å²) in [6.45, 7) is 15.8. The highest BCUT2D eigenvalue weighted by Crippen LogP contribution is 2.41. The maximum Gasteiger partial charge on any atom is 0.0865 e. The van der Waals surface area contributed by atoms with Gasteiger partial charge in [-0.05, 0) is 56.4 Å². The van der Waals surface area contributed by atoms with E-state index in [1.807, 2.05) is 0 Å². The molecule has 0 saturated heterocycles. The zero-order chi connectivity index (χ0) is 22.1. The maximum absolute atomic E-state index is 10.5. The van der Waals surface area contributed by atoms with Gasteiger partial charge in [0.2, 0.25) is 0 Å². The Bertz CT molecular complexity index is 898. The Balaban J connectivity index is 2.44. The molecule has 0 N–H and O–H groups in total. The van der Waals surface area contributed by atoms with Crippen LogP contribution >= 0.6 is 0 Å². The first kappa shape index (κ1) is 23.9. The molecule has 0 aromatic heterocycles. The molecule has 2 nitrogen and oxygen atoms in total. The van der Waals surface area contributed by atoms with E-state index in [2.05, 4.69) is 107 Å². The molecule has 0 aliphatic rings. The van der Waals surface area contributed by atoms with E-state index in [1.165, 1.54) is 27.5 Å². The summed E-state index contributed by atoms with van der Waals surface area (Å²) in [4.78, 5) is 2.46. The second-order valence-corrected chi connectivity index (χ2v) is 8.99. The van der Waals surface area contributed by atoms with E-state index in [4.69, 9.17) is 0 Å². The van der Waals surface area contributed by atoms with Crippen LogP contribution in [0.2, 0.25) is 0 Å². The zero-order valence-electron chi connectivity index (χ0n) is 19.7. The minimum absolute atomic E-state index is 0.280. The van der Waals surface area contributed by atoms with E-state index in [-0.39, 0.29) is 5.92 Å². The predicted octanol–water partition coefficient (Wildman–Crippen LogP) is 7.27. The minimum Gasteiger partial charge on any atom is -0.296 e. The summed E-state index contributed by atoms with van der Waals surface area (Å²) < 4.78 is 0. The van der Waals surface area contributed by atoms with Crippen LogP contribution in [0.15, 0.2) is 65.8 Å². The number of nitrogens with zero attached hydrogens (tertiary/aromatic N) is 2. The first-order chi connectivity index (χ1) is 14.3. The Morgan fingerprint density at radius 1 is 1.00 bits per heavy atom. The lowest BCUT2D eigenvalue weighted by atomic mass is 9.67. The average molecular weight is 403 g/mol. The Hall–Kier alpha value is -2.37. The van der Waals surface area contributed by atoms with Crippen LogP contribution in [0.4, 0.5) is 0 Å². The molecule has 0 radical (unpaired) electrons. The molecule has 0 fully saturated rings. The van der Waals surface area contributed by atoms with E-state index in [0.717, 1.165) is 32.5 Å². The third-order valence-corrected chi connectivity index (χ3v) is 6.26. The lowest BCUT2D eigenvalue weighted by molar-refractivity contribution is 0.259. The van der Waals surface area contributed by atoms with Crippen LogP contribution in [0.5, 0.6) is 0 Å². The molecule has 30 heavy (non-hydrogen) atoms. The standard InChI is InChI=1S/C28H38N2/c1-7-24(6)28(21-29,27-14-10-12-25-11-8-9-13-26(25)27)17-20-30(18-15-22(2)3)19-16-23(4)5/h8-16,24H,7,17-20H2,1-6H3. The second-order valence-electron chi connectivity index (χ2n) is 8.99. The van der Waals surface area contributed by atoms with Crippen molar-refractivity contribution in [3.8, 4) is 6.07 Å². The smallest absolute Gasteiger partial charge is 0.0865 e. The van der Waals surface area contributed by atoms with Crippen LogP contribution < -0.4 is 0 Å². The summed E-state index contributed by atoms with van der Waals surface area (Å²) in [5.41, 5.74) is 3.35. The van der Waals surface area contributed by atoms with Crippen molar-refractivity contribution in [2.24, 2.45) is 5.92 Å². The van der Waals surface area contributed by atoms with E-state index in [1.54, 1.807) is 0 Å². The van der Waals surface area contributed by atoms with E-state index < -0.39 is 5.41 Å². The van der Waals surface area contributed by atoms with E-state index >= 15 is 0 Å². The summed E-state index contributed by atoms with van der Waals surface area (Å²) in [6.07, 6.45) is 6.39. The molecule has 0 heterocycles. The van der Waals surface area contributed by atoms with Crippen LogP contribution in [0.1, 0.15) is 59.9 Å². The lowest BCUT2D eigenvalue weighted by Crippen LogP contribution is -2.37. The van der Waals surface area contributed by atoms with Crippen LogP contribution in [0.25, 0.3) is 10.8 Å². The quantitative estimate of drug-likeness (QED) is 0.391. The molecule has 2 heteroatoms. The van der Waals surface area contributed by atoms with Gasteiger partial charge in [0.05, 0.1) is 11.5 Å². The van der Waals surface area contributed by atoms with Crippen molar-refractivity contribution in [1.82, 2.24) is 4.90 Å². The Morgan fingerprint density at radius 2 is 1.60 bits per heavy atom. The Kier molecular flexibility index (Phi) is 8.88. The van der Waals surface area contributed by atoms with Gasteiger partial charge in [0.25, 0.3) is 0 Å². The third kappa shape index (κ3) is 5.83. The highest BCUT2D eigenvalue weighted by atomic mass is 15.1. The molecule has 2 rings (SSSR count). The van der Waals surface area contributed by atoms with Crippen LogP contribution in [0, 0.1) is 17.2 Å². The molecule has 2 unspecified atom stereocenters. The van der Waals surface area contributed by atoms with Crippen molar-refractivity contribution in [2.45, 2.75) is 59.8 Å². The van der Waals surface area contributed by atoms with Crippen molar-refractivity contribution in [3.63, 3.8) is 0 Å². The van der Waals surface area contributed by atoms with Gasteiger partial charge in [0.1, 0.15) is 0 Å². The van der Waals surface area contributed by atoms with Crippen LogP contribution in [-0.2, 0) is 5.41 Å². The van der Waals surface area contributed by atoms with Gasteiger partial charge < -0.3 is 0 Å². The van der Waals surface area contributed by atoms with Crippen molar-refractivity contribution in [2.75, 3.05) is 19.6 Å². The van der Waals surface area contributed by atoms with Gasteiger partial charge in [0, 0.05) is 19.6 Å². The highest BCUT2D eigenvalue weighted by Gasteiger charge is 2.38. The van der Waals surface area contributed by atoms with Crippen molar-refractivity contribution < 1.29 is 0 Å². The summed E-state index contributed by atoms with van der Waals surface area (Å²) in [7, 11) is 0. The molecule has 0 bridgehead atoms. The first-order valence-electron chi connectivity index (χ1n) is 11.2. The number of benzene rings is 2. The number of fused-ring (bicyclic) bond motifs is 1. The minimum atomic E-state index is -0.496. The molecular weight excluding hydrogens is 364 g/mol. The van der Waals surface area contributed by atoms with Gasteiger partial charge in [-0.1, -0.05) is 86.0 Å². The fourth-order valence-electron chi connectivity index (χ4n) is 4.05. The average Bonchev–Trinajstić information content (AvgIpc) is 2.75. The fourth-order valence-corrected chi connectivity index (χ4v) is 4.05. The SMILES string of the molecule is CCC(C)C(C#N)(CCN(CC=C(C)C)CC=C(C)C)c1cccc2ccccc12. The predicted molar refractivity (Wildman–Crippen MR) is 131 cm³/mol.